The lowest BCUT2D eigenvalue weighted by molar-refractivity contribution is 0.448. The summed E-state index contributed by atoms with van der Waals surface area (Å²) in [5.74, 6) is 0.273. The summed E-state index contributed by atoms with van der Waals surface area (Å²) in [4.78, 5) is 8.36. The van der Waals surface area contributed by atoms with E-state index in [0.717, 1.165) is 18.5 Å². The number of hydrogen-bond acceptors (Lipinski definition) is 6. The summed E-state index contributed by atoms with van der Waals surface area (Å²) in [5.41, 5.74) is 2.63. The smallest absolute Gasteiger partial charge is 0.217 e. The van der Waals surface area contributed by atoms with Gasteiger partial charge in [-0.2, -0.15) is 0 Å². The van der Waals surface area contributed by atoms with Crippen molar-refractivity contribution in [3.63, 3.8) is 0 Å². The van der Waals surface area contributed by atoms with Crippen LogP contribution in [0.3, 0.4) is 0 Å². The van der Waals surface area contributed by atoms with Gasteiger partial charge >= 0.3 is 0 Å². The Morgan fingerprint density at radius 2 is 2.04 bits per heavy atom. The Bertz CT molecular complexity index is 980. The summed E-state index contributed by atoms with van der Waals surface area (Å²) in [7, 11) is -3.54. The molecule has 7 nitrogen and oxygen atoms in total. The van der Waals surface area contributed by atoms with Crippen molar-refractivity contribution in [3.8, 4) is 0 Å². The molecule has 4 rings (SSSR count). The number of para-hydroxylation sites is 1. The largest absolute Gasteiger partial charge is 0.356 e. The van der Waals surface area contributed by atoms with Crippen LogP contribution in [-0.4, -0.2) is 23.5 Å². The molecule has 0 bridgehead atoms. The first-order valence-electron chi connectivity index (χ1n) is 7.72. The van der Waals surface area contributed by atoms with Gasteiger partial charge in [0, 0.05) is 17.0 Å². The average molecular weight is 344 g/mol. The molecule has 2 aromatic heterocycles. The molecule has 1 N–H and O–H groups in total. The van der Waals surface area contributed by atoms with E-state index in [1.165, 1.54) is 6.33 Å². The lowest BCUT2D eigenvalue weighted by atomic mass is 10.2. The number of hydrogen-bond donors (Lipinski definition) is 1. The zero-order valence-corrected chi connectivity index (χ0v) is 13.7. The minimum atomic E-state index is -3.54. The van der Waals surface area contributed by atoms with Crippen molar-refractivity contribution in [2.75, 3.05) is 0 Å². The molecule has 1 aliphatic rings. The summed E-state index contributed by atoms with van der Waals surface area (Å²) in [6.45, 7) is 0.139. The summed E-state index contributed by atoms with van der Waals surface area (Å²) < 4.78 is 32.3. The van der Waals surface area contributed by atoms with Gasteiger partial charge < -0.3 is 4.52 Å². The van der Waals surface area contributed by atoms with Crippen LogP contribution in [0.4, 0.5) is 0 Å². The predicted molar refractivity (Wildman–Crippen MR) is 87.5 cm³/mol. The number of rotatable bonds is 6. The summed E-state index contributed by atoms with van der Waals surface area (Å²) >= 11 is 0. The standard InChI is InChI=1S/C16H16N4O3S/c21-24(22,9-15-13-3-1-2-4-16(13)23-20-15)19-8-12-7-14(11-5-6-11)18-10-17-12/h1-4,7,10-11,19H,5-6,8-9H2. The van der Waals surface area contributed by atoms with Crippen LogP contribution in [0.15, 0.2) is 41.2 Å². The van der Waals surface area contributed by atoms with Gasteiger partial charge in [-0.15, -0.1) is 0 Å². The van der Waals surface area contributed by atoms with Crippen molar-refractivity contribution in [1.29, 1.82) is 0 Å². The molecule has 124 valence electrons. The Balaban J connectivity index is 1.46. The lowest BCUT2D eigenvalue weighted by Crippen LogP contribution is -2.25. The third-order valence-corrected chi connectivity index (χ3v) is 5.23. The molecule has 24 heavy (non-hydrogen) atoms. The van der Waals surface area contributed by atoms with Gasteiger partial charge in [-0.3, -0.25) is 0 Å². The third kappa shape index (κ3) is 3.29. The highest BCUT2D eigenvalue weighted by Gasteiger charge is 2.25. The van der Waals surface area contributed by atoms with E-state index in [9.17, 15) is 8.42 Å². The number of aromatic nitrogens is 3. The predicted octanol–water partition coefficient (Wildman–Crippen LogP) is 2.11. The van der Waals surface area contributed by atoms with Crippen molar-refractivity contribution in [2.45, 2.75) is 31.1 Å². The van der Waals surface area contributed by atoms with E-state index in [4.69, 9.17) is 4.52 Å². The van der Waals surface area contributed by atoms with Crippen LogP contribution in [0, 0.1) is 0 Å². The van der Waals surface area contributed by atoms with Gasteiger partial charge in [-0.1, -0.05) is 17.3 Å². The van der Waals surface area contributed by atoms with Crippen molar-refractivity contribution < 1.29 is 12.9 Å². The van der Waals surface area contributed by atoms with E-state index in [2.05, 4.69) is 19.8 Å². The van der Waals surface area contributed by atoms with E-state index in [-0.39, 0.29) is 12.3 Å². The van der Waals surface area contributed by atoms with E-state index < -0.39 is 10.0 Å². The molecule has 0 saturated heterocycles. The highest BCUT2D eigenvalue weighted by atomic mass is 32.2. The van der Waals surface area contributed by atoms with Gasteiger partial charge in [-0.25, -0.2) is 23.1 Å². The molecular formula is C16H16N4O3S. The molecule has 2 heterocycles. The SMILES string of the molecule is O=S(=O)(Cc1noc2ccccc12)NCc1cc(C2CC2)ncn1. The summed E-state index contributed by atoms with van der Waals surface area (Å²) in [6, 6.07) is 9.06. The number of nitrogens with one attached hydrogen (secondary N) is 1. The van der Waals surface area contributed by atoms with Gasteiger partial charge in [-0.05, 0) is 31.0 Å². The summed E-state index contributed by atoms with van der Waals surface area (Å²) in [6.07, 6.45) is 3.77. The Labute approximate surface area is 139 Å². The van der Waals surface area contributed by atoms with E-state index in [1.54, 1.807) is 12.1 Å². The van der Waals surface area contributed by atoms with Gasteiger partial charge in [0.15, 0.2) is 5.58 Å². The maximum Gasteiger partial charge on any atom is 0.217 e. The second-order valence-corrected chi connectivity index (χ2v) is 7.72. The lowest BCUT2D eigenvalue weighted by Gasteiger charge is -2.06. The van der Waals surface area contributed by atoms with Crippen LogP contribution in [0.1, 0.15) is 35.8 Å². The normalized spacial score (nSPS) is 15.0. The van der Waals surface area contributed by atoms with E-state index in [0.29, 0.717) is 28.3 Å². The fraction of sp³-hybridized carbons (Fsp3) is 0.312. The van der Waals surface area contributed by atoms with Crippen molar-refractivity contribution in [1.82, 2.24) is 19.8 Å². The van der Waals surface area contributed by atoms with Crippen molar-refractivity contribution in [3.05, 3.63) is 53.7 Å². The minimum absolute atomic E-state index is 0.139. The van der Waals surface area contributed by atoms with Gasteiger partial charge in [0.1, 0.15) is 17.8 Å². The monoisotopic (exact) mass is 344 g/mol. The molecule has 1 aliphatic carbocycles. The second-order valence-electron chi connectivity index (χ2n) is 5.91. The van der Waals surface area contributed by atoms with Crippen LogP contribution in [-0.2, 0) is 22.3 Å². The Kier molecular flexibility index (Phi) is 3.78. The maximum atomic E-state index is 12.3. The number of fused-ring (bicyclic) bond motifs is 1. The Morgan fingerprint density at radius 1 is 1.21 bits per heavy atom. The third-order valence-electron chi connectivity index (χ3n) is 3.99. The molecule has 1 fully saturated rings. The molecule has 0 unspecified atom stereocenters. The van der Waals surface area contributed by atoms with Crippen LogP contribution in [0.5, 0.6) is 0 Å². The molecule has 0 atom stereocenters. The van der Waals surface area contributed by atoms with E-state index in [1.807, 2.05) is 18.2 Å². The number of sulfonamides is 1. The molecular weight excluding hydrogens is 328 g/mol. The molecule has 0 radical (unpaired) electrons. The summed E-state index contributed by atoms with van der Waals surface area (Å²) in [5, 5.41) is 4.57. The average Bonchev–Trinajstić information content (AvgIpc) is 3.37. The van der Waals surface area contributed by atoms with E-state index >= 15 is 0 Å². The molecule has 0 aliphatic heterocycles. The van der Waals surface area contributed by atoms with Gasteiger partial charge in [0.25, 0.3) is 0 Å². The molecule has 1 saturated carbocycles. The molecule has 0 spiro atoms. The first-order chi connectivity index (χ1) is 11.6. The minimum Gasteiger partial charge on any atom is -0.356 e. The zero-order chi connectivity index (χ0) is 16.6. The topological polar surface area (TPSA) is 98.0 Å². The van der Waals surface area contributed by atoms with Crippen LogP contribution >= 0.6 is 0 Å². The first kappa shape index (κ1) is 15.2. The van der Waals surface area contributed by atoms with Gasteiger partial charge in [0.05, 0.1) is 12.2 Å². The molecule has 3 aromatic rings. The van der Waals surface area contributed by atoms with Crippen LogP contribution in [0.25, 0.3) is 11.0 Å². The molecule has 1 aromatic carbocycles. The highest BCUT2D eigenvalue weighted by molar-refractivity contribution is 7.88. The maximum absolute atomic E-state index is 12.3. The highest BCUT2D eigenvalue weighted by Crippen LogP contribution is 2.38. The zero-order valence-electron chi connectivity index (χ0n) is 12.8. The van der Waals surface area contributed by atoms with Crippen molar-refractivity contribution >= 4 is 21.0 Å². The molecule has 0 amide bonds. The Morgan fingerprint density at radius 3 is 2.88 bits per heavy atom. The Hall–Kier alpha value is -2.32. The van der Waals surface area contributed by atoms with Gasteiger partial charge in [0.2, 0.25) is 10.0 Å². The number of benzene rings is 1. The van der Waals surface area contributed by atoms with Crippen LogP contribution < -0.4 is 4.72 Å². The fourth-order valence-electron chi connectivity index (χ4n) is 2.57. The second kappa shape index (κ2) is 5.95. The number of nitrogens with zero attached hydrogens (tertiary/aromatic N) is 3. The van der Waals surface area contributed by atoms with Crippen molar-refractivity contribution in [2.24, 2.45) is 0 Å². The molecule has 8 heteroatoms. The van der Waals surface area contributed by atoms with Crippen LogP contribution in [0.2, 0.25) is 0 Å². The first-order valence-corrected chi connectivity index (χ1v) is 9.37. The quantitative estimate of drug-likeness (QED) is 0.735. The fourth-order valence-corrected chi connectivity index (χ4v) is 3.61.